The molecule has 4 aromatic rings. The average Bonchev–Trinajstić information content (AvgIpc) is 3.20. The Morgan fingerprint density at radius 3 is 2.46 bits per heavy atom. The maximum absolute atomic E-state index is 15.0. The van der Waals surface area contributed by atoms with Gasteiger partial charge in [0.25, 0.3) is 0 Å². The van der Waals surface area contributed by atoms with Crippen LogP contribution in [-0.4, -0.2) is 32.6 Å². The number of hydrogen-bond donors (Lipinski definition) is 2. The smallest absolute Gasteiger partial charge is 0.416 e. The predicted molar refractivity (Wildman–Crippen MR) is 121 cm³/mol. The number of H-pyrrole nitrogens is 1. The second kappa shape index (κ2) is 8.68. The number of fused-ring (bicyclic) bond motifs is 1. The number of ether oxygens (including phenoxy) is 1. The summed E-state index contributed by atoms with van der Waals surface area (Å²) < 4.78 is 59.4. The van der Waals surface area contributed by atoms with Gasteiger partial charge in [0, 0.05) is 17.3 Å². The van der Waals surface area contributed by atoms with Crippen LogP contribution >= 0.6 is 0 Å². The van der Waals surface area contributed by atoms with Crippen LogP contribution in [0.3, 0.4) is 0 Å². The van der Waals surface area contributed by atoms with Gasteiger partial charge in [-0.1, -0.05) is 6.07 Å². The zero-order chi connectivity index (χ0) is 25.5. The third-order valence-electron chi connectivity index (χ3n) is 5.55. The molecule has 0 aliphatic heterocycles. The highest BCUT2D eigenvalue weighted by molar-refractivity contribution is 5.81. The van der Waals surface area contributed by atoms with E-state index in [1.807, 2.05) is 0 Å². The normalized spacial score (nSPS) is 12.2. The summed E-state index contributed by atoms with van der Waals surface area (Å²) in [5.41, 5.74) is 0.409. The number of alkyl halides is 3. The number of nitrogens with one attached hydrogen (secondary N) is 1. The molecule has 0 spiro atoms. The van der Waals surface area contributed by atoms with Crippen LogP contribution < -0.4 is 4.74 Å². The second-order valence-electron chi connectivity index (χ2n) is 8.83. The standard InChI is InChI=1S/C25H21F4N3O3/c1-13-8-15(11-30-22(13)35-12-24(2,3)23(33)34)14-4-6-17(18(26)9-14)21-31-19-7-5-16(25(27,28)29)10-20(19)32-21/h4-11H,12H2,1-3H3,(H,31,32)(H,33,34). The molecule has 2 aromatic heterocycles. The Bertz CT molecular complexity index is 1430. The summed E-state index contributed by atoms with van der Waals surface area (Å²) in [6.45, 7) is 4.76. The molecule has 35 heavy (non-hydrogen) atoms. The summed E-state index contributed by atoms with van der Waals surface area (Å²) in [5, 5.41) is 9.21. The molecule has 2 heterocycles. The first-order chi connectivity index (χ1) is 16.3. The summed E-state index contributed by atoms with van der Waals surface area (Å²) in [4.78, 5) is 22.5. The molecule has 0 radical (unpaired) electrons. The number of rotatable bonds is 6. The molecule has 0 atom stereocenters. The van der Waals surface area contributed by atoms with Crippen molar-refractivity contribution in [2.75, 3.05) is 6.61 Å². The Hall–Kier alpha value is -3.95. The van der Waals surface area contributed by atoms with Gasteiger partial charge in [-0.3, -0.25) is 4.79 Å². The van der Waals surface area contributed by atoms with E-state index in [4.69, 9.17) is 4.74 Å². The van der Waals surface area contributed by atoms with Crippen molar-refractivity contribution in [2.24, 2.45) is 5.41 Å². The molecule has 0 aliphatic carbocycles. The molecule has 0 fully saturated rings. The van der Waals surface area contributed by atoms with E-state index in [-0.39, 0.29) is 29.4 Å². The quantitative estimate of drug-likeness (QED) is 0.314. The molecule has 182 valence electrons. The lowest BCUT2D eigenvalue weighted by Gasteiger charge is -2.19. The highest BCUT2D eigenvalue weighted by Gasteiger charge is 2.31. The van der Waals surface area contributed by atoms with Gasteiger partial charge in [0.2, 0.25) is 5.88 Å². The maximum atomic E-state index is 15.0. The van der Waals surface area contributed by atoms with Gasteiger partial charge < -0.3 is 14.8 Å². The number of aliphatic carboxylic acids is 1. The zero-order valence-corrected chi connectivity index (χ0v) is 19.0. The Balaban J connectivity index is 1.59. The van der Waals surface area contributed by atoms with Crippen molar-refractivity contribution in [1.82, 2.24) is 15.0 Å². The van der Waals surface area contributed by atoms with Gasteiger partial charge in [-0.05, 0) is 62.7 Å². The van der Waals surface area contributed by atoms with E-state index in [0.29, 0.717) is 22.2 Å². The van der Waals surface area contributed by atoms with Crippen molar-refractivity contribution in [3.8, 4) is 28.4 Å². The van der Waals surface area contributed by atoms with Gasteiger partial charge in [0.15, 0.2) is 0 Å². The molecular weight excluding hydrogens is 466 g/mol. The fourth-order valence-electron chi connectivity index (χ4n) is 3.38. The number of pyridine rings is 1. The zero-order valence-electron chi connectivity index (χ0n) is 19.0. The molecule has 2 aromatic carbocycles. The van der Waals surface area contributed by atoms with Gasteiger partial charge in [-0.2, -0.15) is 13.2 Å². The molecule has 0 bridgehead atoms. The Morgan fingerprint density at radius 1 is 1.09 bits per heavy atom. The van der Waals surface area contributed by atoms with E-state index in [1.165, 1.54) is 24.4 Å². The van der Waals surface area contributed by atoms with Crippen LogP contribution in [0.25, 0.3) is 33.5 Å². The highest BCUT2D eigenvalue weighted by Crippen LogP contribution is 2.33. The van der Waals surface area contributed by atoms with Gasteiger partial charge in [-0.15, -0.1) is 0 Å². The Morgan fingerprint density at radius 2 is 1.83 bits per heavy atom. The van der Waals surface area contributed by atoms with Crippen LogP contribution in [-0.2, 0) is 11.0 Å². The van der Waals surface area contributed by atoms with E-state index in [0.717, 1.165) is 12.1 Å². The summed E-state index contributed by atoms with van der Waals surface area (Å²) >= 11 is 0. The van der Waals surface area contributed by atoms with Crippen molar-refractivity contribution >= 4 is 17.0 Å². The Labute approximate surface area is 197 Å². The molecular formula is C25H21F4N3O3. The number of imidazole rings is 1. The molecule has 10 heteroatoms. The lowest BCUT2D eigenvalue weighted by molar-refractivity contribution is -0.148. The van der Waals surface area contributed by atoms with Crippen molar-refractivity contribution < 1.29 is 32.2 Å². The molecule has 6 nitrogen and oxygen atoms in total. The van der Waals surface area contributed by atoms with Crippen LogP contribution in [0.5, 0.6) is 5.88 Å². The first-order valence-electron chi connectivity index (χ1n) is 10.6. The molecule has 0 saturated heterocycles. The number of hydrogen-bond acceptors (Lipinski definition) is 4. The molecule has 0 amide bonds. The largest absolute Gasteiger partial charge is 0.481 e. The number of carboxylic acids is 1. The van der Waals surface area contributed by atoms with E-state index in [2.05, 4.69) is 15.0 Å². The minimum Gasteiger partial charge on any atom is -0.481 e. The minimum atomic E-state index is -4.50. The topological polar surface area (TPSA) is 88.1 Å². The number of carbonyl (C=O) groups is 1. The molecule has 2 N–H and O–H groups in total. The van der Waals surface area contributed by atoms with Gasteiger partial charge >= 0.3 is 12.1 Å². The summed E-state index contributed by atoms with van der Waals surface area (Å²) in [5.74, 6) is -1.21. The van der Waals surface area contributed by atoms with E-state index in [1.54, 1.807) is 32.9 Å². The molecule has 0 saturated carbocycles. The third kappa shape index (κ3) is 4.96. The minimum absolute atomic E-state index is 0.0686. The van der Waals surface area contributed by atoms with Gasteiger partial charge in [0.1, 0.15) is 18.2 Å². The molecule has 0 unspecified atom stereocenters. The first kappa shape index (κ1) is 24.2. The van der Waals surface area contributed by atoms with Crippen LogP contribution in [0.2, 0.25) is 0 Å². The highest BCUT2D eigenvalue weighted by atomic mass is 19.4. The van der Waals surface area contributed by atoms with Crippen molar-refractivity contribution in [2.45, 2.75) is 26.9 Å². The van der Waals surface area contributed by atoms with E-state index < -0.39 is 28.9 Å². The summed E-state index contributed by atoms with van der Waals surface area (Å²) in [6.07, 6.45) is -3.01. The second-order valence-corrected chi connectivity index (χ2v) is 8.83. The van der Waals surface area contributed by atoms with Crippen molar-refractivity contribution in [1.29, 1.82) is 0 Å². The maximum Gasteiger partial charge on any atom is 0.416 e. The van der Waals surface area contributed by atoms with Crippen LogP contribution in [0.15, 0.2) is 48.7 Å². The van der Waals surface area contributed by atoms with Crippen molar-refractivity contribution in [3.63, 3.8) is 0 Å². The fourth-order valence-corrected chi connectivity index (χ4v) is 3.38. The lowest BCUT2D eigenvalue weighted by Crippen LogP contribution is -2.31. The first-order valence-corrected chi connectivity index (χ1v) is 10.6. The van der Waals surface area contributed by atoms with Crippen LogP contribution in [0, 0.1) is 18.2 Å². The number of halogens is 4. The average molecular weight is 487 g/mol. The van der Waals surface area contributed by atoms with Crippen LogP contribution in [0.1, 0.15) is 25.0 Å². The lowest BCUT2D eigenvalue weighted by atomic mass is 9.95. The number of aryl methyl sites for hydroxylation is 1. The fraction of sp³-hybridized carbons (Fsp3) is 0.240. The predicted octanol–water partition coefficient (Wildman–Crippen LogP) is 6.25. The number of nitrogens with zero attached hydrogens (tertiary/aromatic N) is 2. The number of aromatic nitrogens is 3. The van der Waals surface area contributed by atoms with E-state index in [9.17, 15) is 27.5 Å². The summed E-state index contributed by atoms with van der Waals surface area (Å²) in [7, 11) is 0. The number of aromatic amines is 1. The van der Waals surface area contributed by atoms with Crippen LogP contribution in [0.4, 0.5) is 17.6 Å². The third-order valence-corrected chi connectivity index (χ3v) is 5.55. The van der Waals surface area contributed by atoms with Crippen molar-refractivity contribution in [3.05, 3.63) is 65.6 Å². The number of benzene rings is 2. The number of carboxylic acid groups (broad SMARTS) is 1. The monoisotopic (exact) mass is 487 g/mol. The summed E-state index contributed by atoms with van der Waals surface area (Å²) in [6, 6.07) is 9.28. The Kier molecular flexibility index (Phi) is 6.00. The molecule has 0 aliphatic rings. The van der Waals surface area contributed by atoms with E-state index >= 15 is 0 Å². The van der Waals surface area contributed by atoms with Gasteiger partial charge in [-0.25, -0.2) is 14.4 Å². The van der Waals surface area contributed by atoms with Gasteiger partial charge in [0.05, 0.1) is 27.6 Å². The molecule has 4 rings (SSSR count). The SMILES string of the molecule is Cc1cc(-c2ccc(-c3nc4cc(C(F)(F)F)ccc4[nH]3)c(F)c2)cnc1OCC(C)(C)C(=O)O.